The van der Waals surface area contributed by atoms with Gasteiger partial charge in [0.1, 0.15) is 0 Å². The van der Waals surface area contributed by atoms with Gasteiger partial charge in [0, 0.05) is 11.1 Å². The van der Waals surface area contributed by atoms with Crippen molar-refractivity contribution < 1.29 is 4.79 Å². The van der Waals surface area contributed by atoms with Gasteiger partial charge in [-0.15, -0.1) is 0 Å². The minimum Gasteiger partial charge on any atom is -0.343 e. The normalized spacial score (nSPS) is 17.6. The van der Waals surface area contributed by atoms with E-state index in [1.165, 1.54) is 0 Å². The minimum atomic E-state index is -0.206. The summed E-state index contributed by atoms with van der Waals surface area (Å²) in [5.74, 6) is -0.0484. The van der Waals surface area contributed by atoms with Gasteiger partial charge < -0.3 is 5.32 Å². The molecule has 1 aromatic rings. The van der Waals surface area contributed by atoms with Gasteiger partial charge >= 0.3 is 0 Å². The summed E-state index contributed by atoms with van der Waals surface area (Å²) in [6, 6.07) is 7.74. The van der Waals surface area contributed by atoms with Crippen LogP contribution in [0.5, 0.6) is 0 Å². The highest BCUT2D eigenvalue weighted by atomic mass is 35.5. The Morgan fingerprint density at radius 3 is 2.47 bits per heavy atom. The maximum atomic E-state index is 11.9. The van der Waals surface area contributed by atoms with E-state index in [9.17, 15) is 4.79 Å². The van der Waals surface area contributed by atoms with Gasteiger partial charge in [-0.2, -0.15) is 0 Å². The Morgan fingerprint density at radius 1 is 1.26 bits per heavy atom. The molecule has 1 saturated carbocycles. The number of carbonyl (C=O) groups excluding carboxylic acids is 1. The number of hydrogen-bond donors (Lipinski definition) is 1. The highest BCUT2D eigenvalue weighted by Gasteiger charge is 2.39. The molecule has 1 N–H and O–H groups in total. The lowest BCUT2D eigenvalue weighted by Crippen LogP contribution is -2.50. The second kappa shape index (κ2) is 6.07. The zero-order valence-electron chi connectivity index (χ0n) is 11.0. The van der Waals surface area contributed by atoms with Crippen molar-refractivity contribution in [2.45, 2.75) is 31.7 Å². The molecule has 100 valence electrons. The van der Waals surface area contributed by atoms with E-state index >= 15 is 0 Å². The second-order valence-electron chi connectivity index (χ2n) is 4.82. The molecule has 1 aromatic carbocycles. The summed E-state index contributed by atoms with van der Waals surface area (Å²) in [5, 5.41) is 3.84. The first-order chi connectivity index (χ1) is 9.16. The van der Waals surface area contributed by atoms with Gasteiger partial charge in [0.2, 0.25) is 5.91 Å². The quantitative estimate of drug-likeness (QED) is 0.654. The number of halogens is 1. The third-order valence-corrected chi connectivity index (χ3v) is 3.77. The third kappa shape index (κ3) is 3.27. The van der Waals surface area contributed by atoms with Crippen molar-refractivity contribution in [3.8, 4) is 0 Å². The summed E-state index contributed by atoms with van der Waals surface area (Å²) in [5.41, 5.74) is 0.929. The number of rotatable bonds is 4. The molecule has 0 aliphatic heterocycles. The summed E-state index contributed by atoms with van der Waals surface area (Å²) in [4.78, 5) is 11.9. The predicted molar refractivity (Wildman–Crippen MR) is 79.1 cm³/mol. The minimum absolute atomic E-state index is 0.0484. The Morgan fingerprint density at radius 2 is 1.95 bits per heavy atom. The fraction of sp³-hybridized carbons (Fsp3) is 0.312. The number of nitrogens with one attached hydrogen (secondary N) is 1. The van der Waals surface area contributed by atoms with Crippen LogP contribution in [0.3, 0.4) is 0 Å². The molecule has 0 unspecified atom stereocenters. The Kier molecular flexibility index (Phi) is 4.43. The van der Waals surface area contributed by atoms with Crippen molar-refractivity contribution in [3.05, 3.63) is 59.2 Å². The maximum absolute atomic E-state index is 11.9. The average molecular weight is 276 g/mol. The van der Waals surface area contributed by atoms with Crippen LogP contribution in [0.15, 0.2) is 48.6 Å². The topological polar surface area (TPSA) is 29.1 Å². The monoisotopic (exact) mass is 275 g/mol. The molecule has 0 heterocycles. The summed E-state index contributed by atoms with van der Waals surface area (Å²) >= 11 is 5.91. The Labute approximate surface area is 119 Å². The maximum Gasteiger partial charge on any atom is 0.244 e. The van der Waals surface area contributed by atoms with Crippen LogP contribution in [0.2, 0.25) is 5.02 Å². The van der Waals surface area contributed by atoms with E-state index in [-0.39, 0.29) is 11.4 Å². The lowest BCUT2D eigenvalue weighted by atomic mass is 9.72. The van der Waals surface area contributed by atoms with Gasteiger partial charge in [-0.3, -0.25) is 4.79 Å². The van der Waals surface area contributed by atoms with E-state index in [0.29, 0.717) is 0 Å². The van der Waals surface area contributed by atoms with Crippen LogP contribution >= 0.6 is 11.6 Å². The first kappa shape index (κ1) is 13.9. The van der Waals surface area contributed by atoms with Crippen LogP contribution < -0.4 is 5.32 Å². The largest absolute Gasteiger partial charge is 0.343 e. The molecular weight excluding hydrogens is 258 g/mol. The molecule has 2 rings (SSSR count). The van der Waals surface area contributed by atoms with Crippen molar-refractivity contribution in [2.75, 3.05) is 0 Å². The van der Waals surface area contributed by atoms with Crippen LogP contribution in [0.4, 0.5) is 0 Å². The molecule has 0 spiro atoms. The molecule has 0 aromatic heterocycles. The lowest BCUT2D eigenvalue weighted by molar-refractivity contribution is -0.119. The molecule has 1 amide bonds. The van der Waals surface area contributed by atoms with Crippen molar-refractivity contribution in [3.63, 3.8) is 0 Å². The van der Waals surface area contributed by atoms with Crippen LogP contribution in [-0.4, -0.2) is 5.91 Å². The molecule has 0 radical (unpaired) electrons. The van der Waals surface area contributed by atoms with Crippen LogP contribution in [-0.2, 0) is 10.3 Å². The lowest BCUT2D eigenvalue weighted by Gasteiger charge is -2.43. The van der Waals surface area contributed by atoms with Gasteiger partial charge in [0.15, 0.2) is 0 Å². The Bertz CT molecular complexity index is 498. The van der Waals surface area contributed by atoms with Gasteiger partial charge in [0.25, 0.3) is 0 Å². The van der Waals surface area contributed by atoms with Crippen molar-refractivity contribution in [2.24, 2.45) is 0 Å². The highest BCUT2D eigenvalue weighted by Crippen LogP contribution is 2.41. The fourth-order valence-corrected chi connectivity index (χ4v) is 2.44. The summed E-state index contributed by atoms with van der Waals surface area (Å²) in [6.45, 7) is 1.92. The van der Waals surface area contributed by atoms with E-state index in [4.69, 9.17) is 11.6 Å². The SMILES string of the molecule is C/C=C/C=C/C(=O)NC1(c2ccc(Cl)cc2)CCC1. The van der Waals surface area contributed by atoms with Crippen molar-refractivity contribution in [1.82, 2.24) is 5.32 Å². The third-order valence-electron chi connectivity index (χ3n) is 3.52. The zero-order valence-corrected chi connectivity index (χ0v) is 11.8. The number of carbonyl (C=O) groups is 1. The number of benzene rings is 1. The zero-order chi connectivity index (χ0) is 13.7. The molecule has 0 atom stereocenters. The fourth-order valence-electron chi connectivity index (χ4n) is 2.32. The summed E-state index contributed by atoms with van der Waals surface area (Å²) < 4.78 is 0. The molecule has 19 heavy (non-hydrogen) atoms. The van der Waals surface area contributed by atoms with Crippen LogP contribution in [0, 0.1) is 0 Å². The molecule has 0 bridgehead atoms. The van der Waals surface area contributed by atoms with Gasteiger partial charge in [0.05, 0.1) is 5.54 Å². The standard InChI is InChI=1S/C16H18ClNO/c1-2-3-4-6-15(19)18-16(11-5-12-16)13-7-9-14(17)10-8-13/h2-4,6-10H,5,11-12H2,1H3,(H,18,19)/b3-2+,6-4+. The number of amides is 1. The van der Waals surface area contributed by atoms with Gasteiger partial charge in [-0.05, 0) is 43.9 Å². The average Bonchev–Trinajstić information content (AvgIpc) is 2.35. The highest BCUT2D eigenvalue weighted by molar-refractivity contribution is 6.30. The van der Waals surface area contributed by atoms with Crippen molar-refractivity contribution >= 4 is 17.5 Å². The molecule has 3 heteroatoms. The Hall–Kier alpha value is -1.54. The van der Waals surface area contributed by atoms with E-state index < -0.39 is 0 Å². The Balaban J connectivity index is 2.10. The summed E-state index contributed by atoms with van der Waals surface area (Å²) in [7, 11) is 0. The predicted octanol–water partition coefficient (Wildman–Crippen LogP) is 3.97. The van der Waals surface area contributed by atoms with Crippen molar-refractivity contribution in [1.29, 1.82) is 0 Å². The molecule has 1 aliphatic rings. The van der Waals surface area contributed by atoms with E-state index in [1.807, 2.05) is 43.3 Å². The molecular formula is C16H18ClNO. The summed E-state index contributed by atoms with van der Waals surface area (Å²) in [6.07, 6.45) is 10.2. The van der Waals surface area contributed by atoms with E-state index in [1.54, 1.807) is 12.2 Å². The molecule has 2 nitrogen and oxygen atoms in total. The number of hydrogen-bond acceptors (Lipinski definition) is 1. The van der Waals surface area contributed by atoms with Crippen LogP contribution in [0.1, 0.15) is 31.7 Å². The second-order valence-corrected chi connectivity index (χ2v) is 5.25. The van der Waals surface area contributed by atoms with Crippen LogP contribution in [0.25, 0.3) is 0 Å². The van der Waals surface area contributed by atoms with Gasteiger partial charge in [-0.1, -0.05) is 42.0 Å². The van der Waals surface area contributed by atoms with E-state index in [2.05, 4.69) is 5.32 Å². The molecule has 1 fully saturated rings. The van der Waals surface area contributed by atoms with E-state index in [0.717, 1.165) is 29.8 Å². The first-order valence-corrected chi connectivity index (χ1v) is 6.92. The van der Waals surface area contributed by atoms with Gasteiger partial charge in [-0.25, -0.2) is 0 Å². The molecule has 0 saturated heterocycles. The number of allylic oxidation sites excluding steroid dienone is 3. The molecule has 1 aliphatic carbocycles. The smallest absolute Gasteiger partial charge is 0.244 e. The first-order valence-electron chi connectivity index (χ1n) is 6.54.